The zero-order valence-electron chi connectivity index (χ0n) is 10.3. The minimum absolute atomic E-state index is 0.106. The molecule has 4 heteroatoms. The summed E-state index contributed by atoms with van der Waals surface area (Å²) >= 11 is 0. The highest BCUT2D eigenvalue weighted by Crippen LogP contribution is 2.23. The zero-order valence-corrected chi connectivity index (χ0v) is 10.3. The first-order chi connectivity index (χ1) is 8.20. The van der Waals surface area contributed by atoms with Crippen molar-refractivity contribution >= 4 is 0 Å². The maximum absolute atomic E-state index is 13.6. The Hall–Kier alpha value is -1.00. The van der Waals surface area contributed by atoms with Crippen molar-refractivity contribution in [3.63, 3.8) is 0 Å². The number of benzene rings is 1. The summed E-state index contributed by atoms with van der Waals surface area (Å²) in [6.07, 6.45) is 0.555. The summed E-state index contributed by atoms with van der Waals surface area (Å²) in [5.74, 6) is -1.01. The molecule has 0 aliphatic rings. The molecule has 96 valence electrons. The molecule has 1 aromatic carbocycles. The standard InChI is InChI=1S/C13H19F2NO/c1-3-16-12(8-9-17-4-2)13-10(14)6-5-7-11(13)15/h5-7,12,16H,3-4,8-9H2,1-2H3. The van der Waals surface area contributed by atoms with E-state index in [1.165, 1.54) is 18.2 Å². The predicted molar refractivity (Wildman–Crippen MR) is 63.9 cm³/mol. The van der Waals surface area contributed by atoms with Crippen LogP contribution in [0.4, 0.5) is 8.78 Å². The van der Waals surface area contributed by atoms with E-state index in [9.17, 15) is 8.78 Å². The molecule has 1 rings (SSSR count). The maximum Gasteiger partial charge on any atom is 0.130 e. The summed E-state index contributed by atoms with van der Waals surface area (Å²) in [7, 11) is 0. The molecule has 0 saturated carbocycles. The second-order valence-corrected chi connectivity index (χ2v) is 3.73. The first-order valence-electron chi connectivity index (χ1n) is 5.95. The summed E-state index contributed by atoms with van der Waals surface area (Å²) in [4.78, 5) is 0. The normalized spacial score (nSPS) is 12.7. The summed E-state index contributed by atoms with van der Waals surface area (Å²) < 4.78 is 32.5. The lowest BCUT2D eigenvalue weighted by molar-refractivity contribution is 0.135. The van der Waals surface area contributed by atoms with Crippen molar-refractivity contribution in [3.8, 4) is 0 Å². The van der Waals surface area contributed by atoms with Gasteiger partial charge in [0.25, 0.3) is 0 Å². The van der Waals surface area contributed by atoms with Gasteiger partial charge in [0, 0.05) is 24.8 Å². The highest BCUT2D eigenvalue weighted by Gasteiger charge is 2.18. The SMILES string of the molecule is CCNC(CCOCC)c1c(F)cccc1F. The van der Waals surface area contributed by atoms with E-state index in [1.807, 2.05) is 13.8 Å². The van der Waals surface area contributed by atoms with Gasteiger partial charge in [-0.25, -0.2) is 8.78 Å². The molecule has 1 aromatic rings. The molecule has 0 saturated heterocycles. The molecule has 2 nitrogen and oxygen atoms in total. The van der Waals surface area contributed by atoms with Crippen molar-refractivity contribution in [1.29, 1.82) is 0 Å². The van der Waals surface area contributed by atoms with Gasteiger partial charge in [-0.15, -0.1) is 0 Å². The summed E-state index contributed by atoms with van der Waals surface area (Å²) in [5, 5.41) is 3.08. The Bertz CT molecular complexity index is 324. The zero-order chi connectivity index (χ0) is 12.7. The molecule has 0 heterocycles. The quantitative estimate of drug-likeness (QED) is 0.743. The second kappa shape index (κ2) is 7.35. The van der Waals surface area contributed by atoms with Gasteiger partial charge in [0.05, 0.1) is 0 Å². The lowest BCUT2D eigenvalue weighted by Crippen LogP contribution is -2.24. The Kier molecular flexibility index (Phi) is 6.08. The fraction of sp³-hybridized carbons (Fsp3) is 0.538. The van der Waals surface area contributed by atoms with E-state index in [0.717, 1.165) is 0 Å². The van der Waals surface area contributed by atoms with Crippen molar-refractivity contribution in [2.45, 2.75) is 26.3 Å². The van der Waals surface area contributed by atoms with Gasteiger partial charge in [0.15, 0.2) is 0 Å². The van der Waals surface area contributed by atoms with Crippen LogP contribution in [-0.4, -0.2) is 19.8 Å². The smallest absolute Gasteiger partial charge is 0.130 e. The van der Waals surface area contributed by atoms with Crippen molar-refractivity contribution in [3.05, 3.63) is 35.4 Å². The number of rotatable bonds is 7. The van der Waals surface area contributed by atoms with Gasteiger partial charge in [-0.1, -0.05) is 13.0 Å². The predicted octanol–water partition coefficient (Wildman–Crippen LogP) is 3.04. The van der Waals surface area contributed by atoms with Crippen LogP contribution in [0, 0.1) is 11.6 Å². The Balaban J connectivity index is 2.81. The lowest BCUT2D eigenvalue weighted by Gasteiger charge is -2.19. The van der Waals surface area contributed by atoms with Gasteiger partial charge >= 0.3 is 0 Å². The number of nitrogens with one attached hydrogen (secondary N) is 1. The van der Waals surface area contributed by atoms with Gasteiger partial charge in [0.1, 0.15) is 11.6 Å². The average molecular weight is 243 g/mol. The largest absolute Gasteiger partial charge is 0.382 e. The van der Waals surface area contributed by atoms with Crippen LogP contribution < -0.4 is 5.32 Å². The monoisotopic (exact) mass is 243 g/mol. The maximum atomic E-state index is 13.6. The molecule has 0 amide bonds. The minimum atomic E-state index is -0.507. The molecule has 0 aliphatic heterocycles. The van der Waals surface area contributed by atoms with E-state index in [1.54, 1.807) is 0 Å². The highest BCUT2D eigenvalue weighted by molar-refractivity contribution is 5.23. The number of ether oxygens (including phenoxy) is 1. The molecular formula is C13H19F2NO. The first kappa shape index (κ1) is 14.1. The first-order valence-corrected chi connectivity index (χ1v) is 5.95. The number of hydrogen-bond donors (Lipinski definition) is 1. The highest BCUT2D eigenvalue weighted by atomic mass is 19.1. The van der Waals surface area contributed by atoms with Crippen molar-refractivity contribution < 1.29 is 13.5 Å². The van der Waals surface area contributed by atoms with Crippen LogP contribution in [0.1, 0.15) is 31.9 Å². The molecule has 17 heavy (non-hydrogen) atoms. The van der Waals surface area contributed by atoms with Crippen molar-refractivity contribution in [1.82, 2.24) is 5.32 Å². The van der Waals surface area contributed by atoms with E-state index in [-0.39, 0.29) is 11.6 Å². The average Bonchev–Trinajstić information content (AvgIpc) is 2.29. The molecule has 0 aliphatic carbocycles. The second-order valence-electron chi connectivity index (χ2n) is 3.73. The van der Waals surface area contributed by atoms with E-state index in [2.05, 4.69) is 5.32 Å². The third-order valence-electron chi connectivity index (χ3n) is 2.55. The van der Waals surface area contributed by atoms with E-state index < -0.39 is 11.6 Å². The Morgan fingerprint density at radius 1 is 1.24 bits per heavy atom. The van der Waals surface area contributed by atoms with Crippen LogP contribution in [-0.2, 0) is 4.74 Å². The summed E-state index contributed by atoms with van der Waals surface area (Å²) in [6.45, 7) is 5.56. The third-order valence-corrected chi connectivity index (χ3v) is 2.55. The Morgan fingerprint density at radius 3 is 2.41 bits per heavy atom. The fourth-order valence-electron chi connectivity index (χ4n) is 1.78. The van der Waals surface area contributed by atoms with Crippen molar-refractivity contribution in [2.75, 3.05) is 19.8 Å². The molecule has 0 aromatic heterocycles. The molecular weight excluding hydrogens is 224 g/mol. The number of halogens is 2. The molecule has 0 fully saturated rings. The van der Waals surface area contributed by atoms with Gasteiger partial charge in [-0.05, 0) is 32.0 Å². The van der Waals surface area contributed by atoms with Gasteiger partial charge in [-0.3, -0.25) is 0 Å². The van der Waals surface area contributed by atoms with Crippen LogP contribution in [0.5, 0.6) is 0 Å². The molecule has 0 bridgehead atoms. The van der Waals surface area contributed by atoms with E-state index >= 15 is 0 Å². The fourth-order valence-corrected chi connectivity index (χ4v) is 1.78. The van der Waals surface area contributed by atoms with Crippen LogP contribution in [0.2, 0.25) is 0 Å². The van der Waals surface area contributed by atoms with E-state index in [4.69, 9.17) is 4.74 Å². The third kappa shape index (κ3) is 4.06. The van der Waals surface area contributed by atoms with Crippen molar-refractivity contribution in [2.24, 2.45) is 0 Å². The molecule has 1 unspecified atom stereocenters. The van der Waals surface area contributed by atoms with Gasteiger partial charge in [-0.2, -0.15) is 0 Å². The topological polar surface area (TPSA) is 21.3 Å². The molecule has 0 radical (unpaired) electrons. The summed E-state index contributed by atoms with van der Waals surface area (Å²) in [5.41, 5.74) is 0.106. The van der Waals surface area contributed by atoms with Crippen LogP contribution in [0.25, 0.3) is 0 Å². The van der Waals surface area contributed by atoms with Gasteiger partial charge in [0.2, 0.25) is 0 Å². The molecule has 0 spiro atoms. The van der Waals surface area contributed by atoms with Gasteiger partial charge < -0.3 is 10.1 Å². The minimum Gasteiger partial charge on any atom is -0.382 e. The lowest BCUT2D eigenvalue weighted by atomic mass is 10.0. The van der Waals surface area contributed by atoms with E-state index in [0.29, 0.717) is 26.2 Å². The Morgan fingerprint density at radius 2 is 1.88 bits per heavy atom. The number of hydrogen-bond acceptors (Lipinski definition) is 2. The Labute approximate surface area is 101 Å². The van der Waals surface area contributed by atoms with Crippen LogP contribution in [0.3, 0.4) is 0 Å². The van der Waals surface area contributed by atoms with Crippen LogP contribution in [0.15, 0.2) is 18.2 Å². The van der Waals surface area contributed by atoms with Crippen LogP contribution >= 0.6 is 0 Å². The summed E-state index contributed by atoms with van der Waals surface area (Å²) in [6, 6.07) is 3.60. The molecule has 1 atom stereocenters. The molecule has 1 N–H and O–H groups in total.